The zero-order valence-corrected chi connectivity index (χ0v) is 23.6. The first kappa shape index (κ1) is 27.3. The predicted octanol–water partition coefficient (Wildman–Crippen LogP) is 5.67. The second-order valence-corrected chi connectivity index (χ2v) is 10.7. The van der Waals surface area contributed by atoms with E-state index < -0.39 is 5.54 Å². The number of hydrogen-bond donors (Lipinski definition) is 2. The van der Waals surface area contributed by atoms with Gasteiger partial charge in [0, 0.05) is 53.9 Å². The van der Waals surface area contributed by atoms with Crippen LogP contribution in [0.15, 0.2) is 60.7 Å². The molecule has 3 aromatic rings. The average molecular weight is 568 g/mol. The third-order valence-corrected chi connectivity index (χ3v) is 7.91. The monoisotopic (exact) mass is 566 g/mol. The van der Waals surface area contributed by atoms with E-state index in [1.807, 2.05) is 48.2 Å². The van der Waals surface area contributed by atoms with E-state index in [4.69, 9.17) is 27.9 Å². The van der Waals surface area contributed by atoms with E-state index >= 15 is 0 Å². The first-order valence-corrected chi connectivity index (χ1v) is 14.0. The highest BCUT2D eigenvalue weighted by molar-refractivity contribution is 6.31. The van der Waals surface area contributed by atoms with Crippen LogP contribution in [-0.2, 0) is 16.8 Å². The molecule has 2 amide bonds. The summed E-state index contributed by atoms with van der Waals surface area (Å²) in [6.45, 7) is 8.31. The molecule has 1 unspecified atom stereocenters. The molecule has 0 aromatic heterocycles. The van der Waals surface area contributed by atoms with Gasteiger partial charge in [-0.1, -0.05) is 54.4 Å². The Hall–Kier alpha value is -3.26. The Labute approximate surface area is 239 Å². The molecule has 0 saturated carbocycles. The number of halogens is 2. The van der Waals surface area contributed by atoms with Crippen molar-refractivity contribution in [2.24, 2.45) is 0 Å². The number of hydrogen-bond acceptors (Lipinski definition) is 5. The van der Waals surface area contributed by atoms with Crippen molar-refractivity contribution < 1.29 is 14.3 Å². The zero-order chi connectivity index (χ0) is 27.6. The molecule has 0 spiro atoms. The van der Waals surface area contributed by atoms with Gasteiger partial charge < -0.3 is 25.2 Å². The second kappa shape index (κ2) is 11.5. The quantitative estimate of drug-likeness (QED) is 0.367. The van der Waals surface area contributed by atoms with Crippen molar-refractivity contribution >= 4 is 46.4 Å². The molecule has 0 radical (unpaired) electrons. The van der Waals surface area contributed by atoms with Crippen molar-refractivity contribution in [1.82, 2.24) is 9.80 Å². The Morgan fingerprint density at radius 1 is 1.00 bits per heavy atom. The number of piperazine rings is 1. The molecule has 1 fully saturated rings. The second-order valence-electron chi connectivity index (χ2n) is 9.82. The largest absolute Gasteiger partial charge is 0.492 e. The summed E-state index contributed by atoms with van der Waals surface area (Å²) in [5.41, 5.74) is 1.94. The van der Waals surface area contributed by atoms with Gasteiger partial charge in [-0.05, 0) is 55.4 Å². The molecular weight excluding hydrogens is 535 g/mol. The molecule has 1 atom stereocenters. The van der Waals surface area contributed by atoms with Crippen LogP contribution in [0.2, 0.25) is 10.0 Å². The lowest BCUT2D eigenvalue weighted by Gasteiger charge is -2.35. The molecule has 204 valence electrons. The maximum Gasteiger partial charge on any atom is 0.256 e. The minimum absolute atomic E-state index is 0.0950. The van der Waals surface area contributed by atoms with E-state index in [-0.39, 0.29) is 18.2 Å². The van der Waals surface area contributed by atoms with E-state index in [0.29, 0.717) is 52.4 Å². The lowest BCUT2D eigenvalue weighted by molar-refractivity contribution is -0.119. The fourth-order valence-corrected chi connectivity index (χ4v) is 5.79. The number of para-hydroxylation sites is 1. The number of nitrogens with zero attached hydrogens (tertiary/aromatic N) is 2. The van der Waals surface area contributed by atoms with Gasteiger partial charge in [-0.3, -0.25) is 9.59 Å². The molecule has 5 rings (SSSR count). The Balaban J connectivity index is 1.61. The summed E-state index contributed by atoms with van der Waals surface area (Å²) in [4.78, 5) is 32.0. The van der Waals surface area contributed by atoms with Gasteiger partial charge in [-0.15, -0.1) is 0 Å². The van der Waals surface area contributed by atoms with Crippen molar-refractivity contribution in [1.29, 1.82) is 0 Å². The summed E-state index contributed by atoms with van der Waals surface area (Å²) in [7, 11) is 0. The molecule has 0 aliphatic carbocycles. The van der Waals surface area contributed by atoms with Crippen LogP contribution in [0.1, 0.15) is 35.3 Å². The number of fused-ring (bicyclic) bond motifs is 1. The van der Waals surface area contributed by atoms with Gasteiger partial charge in [0.15, 0.2) is 0 Å². The number of benzene rings is 3. The lowest BCUT2D eigenvalue weighted by Crippen LogP contribution is -2.49. The first-order valence-electron chi connectivity index (χ1n) is 13.3. The minimum Gasteiger partial charge on any atom is -0.492 e. The molecule has 2 heterocycles. The number of likely N-dealkylation sites (N-methyl/N-ethyl adjacent to an activating group) is 1. The lowest BCUT2D eigenvalue weighted by atomic mass is 9.84. The molecule has 7 nitrogen and oxygen atoms in total. The molecule has 0 bridgehead atoms. The Morgan fingerprint density at radius 3 is 2.46 bits per heavy atom. The fraction of sp³-hybridized carbons (Fsp3) is 0.333. The molecule has 3 aromatic carbocycles. The summed E-state index contributed by atoms with van der Waals surface area (Å²) in [5.74, 6) is 0.166. The van der Waals surface area contributed by atoms with E-state index in [9.17, 15) is 9.59 Å². The van der Waals surface area contributed by atoms with Crippen LogP contribution in [0.5, 0.6) is 5.75 Å². The van der Waals surface area contributed by atoms with E-state index in [2.05, 4.69) is 22.5 Å². The van der Waals surface area contributed by atoms with Crippen LogP contribution in [0, 0.1) is 0 Å². The Bertz CT molecular complexity index is 1390. The standard InChI is InChI=1S/C30H32Cl2N4O3/c1-3-35-13-15-36(16-14-35)28(37)23-9-6-10-26(39-4-2)27(23)34-30(19-20-7-5-8-21(31)17-20)24-12-11-22(32)18-25(24)33-29(30)38/h5-12,17-18,34H,3-4,13-16,19H2,1-2H3,(H,33,38). The summed E-state index contributed by atoms with van der Waals surface area (Å²) in [6.07, 6.45) is 0.289. The smallest absolute Gasteiger partial charge is 0.256 e. The molecule has 39 heavy (non-hydrogen) atoms. The topological polar surface area (TPSA) is 73.9 Å². The predicted molar refractivity (Wildman–Crippen MR) is 156 cm³/mol. The molecule has 2 aliphatic rings. The number of amides is 2. The van der Waals surface area contributed by atoms with Crippen molar-refractivity contribution in [2.75, 3.05) is 50.0 Å². The van der Waals surface area contributed by atoms with Crippen LogP contribution in [0.4, 0.5) is 11.4 Å². The number of ether oxygens (including phenoxy) is 1. The third kappa shape index (κ3) is 5.44. The van der Waals surface area contributed by atoms with E-state index in [0.717, 1.165) is 30.8 Å². The average Bonchev–Trinajstić information content (AvgIpc) is 3.19. The highest BCUT2D eigenvalue weighted by Gasteiger charge is 2.48. The summed E-state index contributed by atoms with van der Waals surface area (Å²) < 4.78 is 6.00. The number of anilines is 2. The van der Waals surface area contributed by atoms with Crippen molar-refractivity contribution in [3.63, 3.8) is 0 Å². The molecular formula is C30H32Cl2N4O3. The van der Waals surface area contributed by atoms with Crippen molar-refractivity contribution in [2.45, 2.75) is 25.8 Å². The Kier molecular flexibility index (Phi) is 8.03. The van der Waals surface area contributed by atoms with Gasteiger partial charge >= 0.3 is 0 Å². The summed E-state index contributed by atoms with van der Waals surface area (Å²) in [6, 6.07) is 18.2. The number of nitrogens with one attached hydrogen (secondary N) is 2. The highest BCUT2D eigenvalue weighted by atomic mass is 35.5. The van der Waals surface area contributed by atoms with Crippen LogP contribution in [0.3, 0.4) is 0 Å². The number of carbonyl (C=O) groups excluding carboxylic acids is 2. The van der Waals surface area contributed by atoms with E-state index in [1.165, 1.54) is 0 Å². The Morgan fingerprint density at radius 2 is 1.74 bits per heavy atom. The first-order chi connectivity index (χ1) is 18.8. The van der Waals surface area contributed by atoms with Crippen LogP contribution < -0.4 is 15.4 Å². The van der Waals surface area contributed by atoms with Gasteiger partial charge in [0.1, 0.15) is 11.3 Å². The van der Waals surface area contributed by atoms with Crippen LogP contribution in [-0.4, -0.2) is 60.9 Å². The van der Waals surface area contributed by atoms with Crippen molar-refractivity contribution in [3.8, 4) is 5.75 Å². The number of carbonyl (C=O) groups is 2. The van der Waals surface area contributed by atoms with Gasteiger partial charge in [0.05, 0.1) is 17.9 Å². The van der Waals surface area contributed by atoms with Gasteiger partial charge in [0.2, 0.25) is 0 Å². The summed E-state index contributed by atoms with van der Waals surface area (Å²) >= 11 is 12.6. The van der Waals surface area contributed by atoms with Gasteiger partial charge in [-0.2, -0.15) is 0 Å². The SMILES string of the molecule is CCOc1cccc(C(=O)N2CCN(CC)CC2)c1NC1(Cc2cccc(Cl)c2)C(=O)Nc2cc(Cl)ccc21. The van der Waals surface area contributed by atoms with Crippen LogP contribution in [0.25, 0.3) is 0 Å². The van der Waals surface area contributed by atoms with E-state index in [1.54, 1.807) is 24.3 Å². The molecule has 2 aliphatic heterocycles. The third-order valence-electron chi connectivity index (χ3n) is 7.44. The maximum absolute atomic E-state index is 13.9. The zero-order valence-electron chi connectivity index (χ0n) is 22.1. The van der Waals surface area contributed by atoms with Gasteiger partial charge in [0.25, 0.3) is 11.8 Å². The fourth-order valence-electron chi connectivity index (χ4n) is 5.41. The van der Waals surface area contributed by atoms with Crippen LogP contribution >= 0.6 is 23.2 Å². The van der Waals surface area contributed by atoms with Gasteiger partial charge in [-0.25, -0.2) is 0 Å². The molecule has 2 N–H and O–H groups in total. The minimum atomic E-state index is -1.24. The normalized spacial score (nSPS) is 19.0. The van der Waals surface area contributed by atoms with Crippen molar-refractivity contribution in [3.05, 3.63) is 87.4 Å². The molecule has 1 saturated heterocycles. The maximum atomic E-state index is 13.9. The summed E-state index contributed by atoms with van der Waals surface area (Å²) in [5, 5.41) is 7.62. The molecule has 9 heteroatoms. The number of rotatable bonds is 8. The highest BCUT2D eigenvalue weighted by Crippen LogP contribution is 2.45.